The molecule has 32 heavy (non-hydrogen) atoms. The second-order valence-corrected chi connectivity index (χ2v) is 9.95. The SMILES string of the molecule is CC(C)NCC(C(=O)N1CCN(c2ncnc3c2C(C)CC3C)CC1)c1ccc(Cl)cc1. The molecule has 6 nitrogen and oxygen atoms in total. The highest BCUT2D eigenvalue weighted by Gasteiger charge is 2.34. The van der Waals surface area contributed by atoms with E-state index in [2.05, 4.69) is 47.9 Å². The van der Waals surface area contributed by atoms with Gasteiger partial charge in [-0.2, -0.15) is 0 Å². The summed E-state index contributed by atoms with van der Waals surface area (Å²) in [5.74, 6) is 1.99. The highest BCUT2D eigenvalue weighted by molar-refractivity contribution is 6.30. The van der Waals surface area contributed by atoms with Crippen LogP contribution in [0.3, 0.4) is 0 Å². The molecule has 1 aliphatic carbocycles. The molecule has 3 unspecified atom stereocenters. The number of anilines is 1. The van der Waals surface area contributed by atoms with Crippen molar-refractivity contribution < 1.29 is 4.79 Å². The molecule has 7 heteroatoms. The molecule has 2 aliphatic rings. The van der Waals surface area contributed by atoms with Crippen LogP contribution in [-0.2, 0) is 4.79 Å². The molecule has 2 aromatic rings. The van der Waals surface area contributed by atoms with E-state index in [1.165, 1.54) is 11.3 Å². The number of halogens is 1. The molecule has 0 saturated carbocycles. The number of nitrogens with one attached hydrogen (secondary N) is 1. The first-order chi connectivity index (χ1) is 15.3. The van der Waals surface area contributed by atoms with E-state index in [0.29, 0.717) is 42.5 Å². The van der Waals surface area contributed by atoms with E-state index in [0.717, 1.165) is 30.9 Å². The van der Waals surface area contributed by atoms with Gasteiger partial charge in [-0.15, -0.1) is 0 Å². The average Bonchev–Trinajstić information content (AvgIpc) is 3.08. The van der Waals surface area contributed by atoms with Crippen LogP contribution in [0.1, 0.15) is 68.7 Å². The van der Waals surface area contributed by atoms with Crippen molar-refractivity contribution in [3.8, 4) is 0 Å². The Balaban J connectivity index is 1.47. The number of hydrogen-bond acceptors (Lipinski definition) is 5. The molecule has 3 atom stereocenters. The Bertz CT molecular complexity index is 940. The van der Waals surface area contributed by atoms with Gasteiger partial charge < -0.3 is 15.1 Å². The van der Waals surface area contributed by atoms with Crippen LogP contribution in [0.15, 0.2) is 30.6 Å². The Morgan fingerprint density at radius 1 is 1.09 bits per heavy atom. The van der Waals surface area contributed by atoms with Crippen molar-refractivity contribution in [3.63, 3.8) is 0 Å². The Hall–Kier alpha value is -2.18. The van der Waals surface area contributed by atoms with Crippen LogP contribution in [0.25, 0.3) is 0 Å². The number of rotatable bonds is 6. The summed E-state index contributed by atoms with van der Waals surface area (Å²) in [7, 11) is 0. The fourth-order valence-electron chi connectivity index (χ4n) is 5.03. The molecule has 1 N–H and O–H groups in total. The van der Waals surface area contributed by atoms with Crippen molar-refractivity contribution >= 4 is 23.3 Å². The molecule has 1 aliphatic heterocycles. The summed E-state index contributed by atoms with van der Waals surface area (Å²) in [5, 5.41) is 4.13. The normalized spacial score (nSPS) is 21.7. The summed E-state index contributed by atoms with van der Waals surface area (Å²) in [5.41, 5.74) is 3.51. The van der Waals surface area contributed by atoms with Crippen molar-refractivity contribution in [2.75, 3.05) is 37.6 Å². The van der Waals surface area contributed by atoms with E-state index in [1.807, 2.05) is 29.2 Å². The summed E-state index contributed by atoms with van der Waals surface area (Å²) < 4.78 is 0. The van der Waals surface area contributed by atoms with E-state index in [1.54, 1.807) is 6.33 Å². The molecular formula is C25H34ClN5O. The summed E-state index contributed by atoms with van der Waals surface area (Å²) in [4.78, 5) is 27.1. The summed E-state index contributed by atoms with van der Waals surface area (Å²) >= 11 is 6.08. The number of amides is 1. The maximum absolute atomic E-state index is 13.5. The molecule has 0 radical (unpaired) electrons. The standard InChI is InChI=1S/C25H34ClN5O/c1-16(2)27-14-21(19-5-7-20(26)8-6-19)25(32)31-11-9-30(10-12-31)24-22-17(3)13-18(4)23(22)28-15-29-24/h5-8,15-18,21,27H,9-14H2,1-4H3. The summed E-state index contributed by atoms with van der Waals surface area (Å²) in [6.07, 6.45) is 2.83. The molecule has 1 saturated heterocycles. The van der Waals surface area contributed by atoms with Crippen molar-refractivity contribution in [1.82, 2.24) is 20.2 Å². The minimum absolute atomic E-state index is 0.176. The lowest BCUT2D eigenvalue weighted by Crippen LogP contribution is -2.51. The van der Waals surface area contributed by atoms with Crippen molar-refractivity contribution in [1.29, 1.82) is 0 Å². The van der Waals surface area contributed by atoms with Gasteiger partial charge >= 0.3 is 0 Å². The lowest BCUT2D eigenvalue weighted by molar-refractivity contribution is -0.133. The van der Waals surface area contributed by atoms with Crippen LogP contribution in [0.5, 0.6) is 0 Å². The first-order valence-electron chi connectivity index (χ1n) is 11.7. The van der Waals surface area contributed by atoms with Gasteiger partial charge in [0, 0.05) is 49.4 Å². The van der Waals surface area contributed by atoms with Gasteiger partial charge in [-0.1, -0.05) is 51.4 Å². The maximum Gasteiger partial charge on any atom is 0.231 e. The van der Waals surface area contributed by atoms with E-state index in [4.69, 9.17) is 11.6 Å². The number of aromatic nitrogens is 2. The zero-order valence-corrected chi connectivity index (χ0v) is 20.3. The van der Waals surface area contributed by atoms with Crippen molar-refractivity contribution in [3.05, 3.63) is 52.4 Å². The summed E-state index contributed by atoms with van der Waals surface area (Å²) in [6.45, 7) is 12.3. The van der Waals surface area contributed by atoms with Crippen LogP contribution in [0.4, 0.5) is 5.82 Å². The van der Waals surface area contributed by atoms with Gasteiger partial charge in [0.05, 0.1) is 11.6 Å². The second-order valence-electron chi connectivity index (χ2n) is 9.51. The van der Waals surface area contributed by atoms with E-state index >= 15 is 0 Å². The monoisotopic (exact) mass is 455 g/mol. The minimum atomic E-state index is -0.217. The number of carbonyl (C=O) groups is 1. The van der Waals surface area contributed by atoms with Gasteiger partial charge in [0.15, 0.2) is 0 Å². The molecule has 2 heterocycles. The molecule has 1 fully saturated rings. The zero-order valence-electron chi connectivity index (χ0n) is 19.5. The molecule has 4 rings (SSSR count). The predicted octanol–water partition coefficient (Wildman–Crippen LogP) is 4.17. The van der Waals surface area contributed by atoms with Crippen molar-refractivity contribution in [2.24, 2.45) is 0 Å². The van der Waals surface area contributed by atoms with Gasteiger partial charge in [-0.3, -0.25) is 4.79 Å². The summed E-state index contributed by atoms with van der Waals surface area (Å²) in [6, 6.07) is 7.98. The quantitative estimate of drug-likeness (QED) is 0.708. The molecule has 172 valence electrons. The first-order valence-corrected chi connectivity index (χ1v) is 12.1. The smallest absolute Gasteiger partial charge is 0.231 e. The largest absolute Gasteiger partial charge is 0.353 e. The fraction of sp³-hybridized carbons (Fsp3) is 0.560. The fourth-order valence-corrected chi connectivity index (χ4v) is 5.16. The Labute approximate surface area is 196 Å². The first kappa shape index (κ1) is 23.0. The molecule has 1 amide bonds. The van der Waals surface area contributed by atoms with Gasteiger partial charge in [-0.25, -0.2) is 9.97 Å². The lowest BCUT2D eigenvalue weighted by atomic mass is 9.96. The van der Waals surface area contributed by atoms with Crippen LogP contribution >= 0.6 is 11.6 Å². The Morgan fingerprint density at radius 3 is 2.44 bits per heavy atom. The Morgan fingerprint density at radius 2 is 1.78 bits per heavy atom. The minimum Gasteiger partial charge on any atom is -0.353 e. The number of nitrogens with zero attached hydrogens (tertiary/aromatic N) is 4. The van der Waals surface area contributed by atoms with E-state index in [9.17, 15) is 4.79 Å². The number of benzene rings is 1. The molecule has 1 aromatic carbocycles. The van der Waals surface area contributed by atoms with Crippen molar-refractivity contribution in [2.45, 2.75) is 57.9 Å². The number of carbonyl (C=O) groups excluding carboxylic acids is 1. The van der Waals surface area contributed by atoms with Gasteiger partial charge in [0.25, 0.3) is 0 Å². The third-order valence-electron chi connectivity index (χ3n) is 6.75. The zero-order chi connectivity index (χ0) is 22.8. The average molecular weight is 456 g/mol. The Kier molecular flexibility index (Phi) is 7.01. The molecular weight excluding hydrogens is 422 g/mol. The van der Waals surface area contributed by atoms with E-state index < -0.39 is 0 Å². The third-order valence-corrected chi connectivity index (χ3v) is 7.00. The molecule has 0 spiro atoms. The highest BCUT2D eigenvalue weighted by Crippen LogP contribution is 2.43. The molecule has 0 bridgehead atoms. The second kappa shape index (κ2) is 9.75. The van der Waals surface area contributed by atoms with Gasteiger partial charge in [-0.05, 0) is 36.0 Å². The van der Waals surface area contributed by atoms with Crippen LogP contribution in [-0.4, -0.2) is 59.5 Å². The number of hydrogen-bond donors (Lipinski definition) is 1. The molecule has 1 aromatic heterocycles. The lowest BCUT2D eigenvalue weighted by Gasteiger charge is -2.38. The highest BCUT2D eigenvalue weighted by atomic mass is 35.5. The topological polar surface area (TPSA) is 61.4 Å². The van der Waals surface area contributed by atoms with E-state index in [-0.39, 0.29) is 11.8 Å². The number of fused-ring (bicyclic) bond motifs is 1. The third kappa shape index (κ3) is 4.76. The van der Waals surface area contributed by atoms with Gasteiger partial charge in [0.1, 0.15) is 12.1 Å². The van der Waals surface area contributed by atoms with Crippen LogP contribution in [0.2, 0.25) is 5.02 Å². The maximum atomic E-state index is 13.5. The van der Waals surface area contributed by atoms with Crippen LogP contribution in [0, 0.1) is 0 Å². The number of piperazine rings is 1. The van der Waals surface area contributed by atoms with Gasteiger partial charge in [0.2, 0.25) is 5.91 Å². The van der Waals surface area contributed by atoms with Crippen LogP contribution < -0.4 is 10.2 Å². The predicted molar refractivity (Wildman–Crippen MR) is 130 cm³/mol.